The van der Waals surface area contributed by atoms with Crippen molar-refractivity contribution in [2.45, 2.75) is 72.6 Å². The molecule has 2 N–H and O–H groups in total. The second-order valence-corrected chi connectivity index (χ2v) is 7.12. The Kier molecular flexibility index (Phi) is 4.85. The van der Waals surface area contributed by atoms with E-state index in [1.165, 1.54) is 44.9 Å². The molecule has 0 heterocycles. The minimum atomic E-state index is 0.462. The van der Waals surface area contributed by atoms with Crippen molar-refractivity contribution in [3.05, 3.63) is 0 Å². The van der Waals surface area contributed by atoms with Gasteiger partial charge in [0.15, 0.2) is 0 Å². The molecule has 16 heavy (non-hydrogen) atoms. The van der Waals surface area contributed by atoms with Gasteiger partial charge in [0, 0.05) is 0 Å². The van der Waals surface area contributed by atoms with Gasteiger partial charge in [0.25, 0.3) is 0 Å². The molecule has 0 saturated heterocycles. The normalized spacial score (nSPS) is 31.7. The summed E-state index contributed by atoms with van der Waals surface area (Å²) in [7, 11) is 0. The first-order chi connectivity index (χ1) is 7.41. The fraction of sp³-hybridized carbons (Fsp3) is 1.00. The van der Waals surface area contributed by atoms with Crippen molar-refractivity contribution in [3.8, 4) is 0 Å². The molecule has 1 saturated carbocycles. The first-order valence-corrected chi connectivity index (χ1v) is 7.11. The lowest BCUT2D eigenvalue weighted by Gasteiger charge is -2.41. The van der Waals surface area contributed by atoms with E-state index in [4.69, 9.17) is 5.73 Å². The van der Waals surface area contributed by atoms with Crippen molar-refractivity contribution in [3.63, 3.8) is 0 Å². The molecule has 0 amide bonds. The first kappa shape index (κ1) is 14.0. The molecule has 0 spiro atoms. The van der Waals surface area contributed by atoms with Crippen molar-refractivity contribution in [1.82, 2.24) is 0 Å². The maximum Gasteiger partial charge on any atom is -0.00205 e. The molecule has 0 unspecified atom stereocenters. The molecule has 0 bridgehead atoms. The molecular weight excluding hydrogens is 194 g/mol. The minimum Gasteiger partial charge on any atom is -0.330 e. The predicted octanol–water partition coefficient (Wildman–Crippen LogP) is 4.36. The second kappa shape index (κ2) is 5.53. The monoisotopic (exact) mass is 225 g/mol. The molecule has 0 radical (unpaired) electrons. The molecule has 1 nitrogen and oxygen atoms in total. The third-order valence-corrected chi connectivity index (χ3v) is 4.58. The summed E-state index contributed by atoms with van der Waals surface area (Å²) < 4.78 is 0. The molecule has 0 aromatic carbocycles. The fourth-order valence-corrected chi connectivity index (χ4v) is 2.89. The summed E-state index contributed by atoms with van der Waals surface area (Å²) >= 11 is 0. The molecule has 96 valence electrons. The van der Waals surface area contributed by atoms with Gasteiger partial charge in [-0.05, 0) is 61.8 Å². The SMILES string of the molecule is CCC1CCC(CN)(CCC(C)(C)C)CC1. The molecule has 1 heteroatoms. The molecule has 1 aliphatic rings. The topological polar surface area (TPSA) is 26.0 Å². The maximum absolute atomic E-state index is 6.05. The zero-order valence-electron chi connectivity index (χ0n) is 11.8. The quantitative estimate of drug-likeness (QED) is 0.756. The van der Waals surface area contributed by atoms with E-state index >= 15 is 0 Å². The average molecular weight is 225 g/mol. The standard InChI is InChI=1S/C15H31N/c1-5-13-6-8-15(12-16,9-7-13)11-10-14(2,3)4/h13H,5-12,16H2,1-4H3. The van der Waals surface area contributed by atoms with Crippen LogP contribution in [0, 0.1) is 16.7 Å². The van der Waals surface area contributed by atoms with Gasteiger partial charge in [-0.2, -0.15) is 0 Å². The Hall–Kier alpha value is -0.0400. The van der Waals surface area contributed by atoms with Crippen molar-refractivity contribution < 1.29 is 0 Å². The van der Waals surface area contributed by atoms with Gasteiger partial charge < -0.3 is 5.73 Å². The predicted molar refractivity (Wildman–Crippen MR) is 72.4 cm³/mol. The lowest BCUT2D eigenvalue weighted by Crippen LogP contribution is -2.35. The first-order valence-electron chi connectivity index (χ1n) is 7.11. The number of rotatable bonds is 4. The fourth-order valence-electron chi connectivity index (χ4n) is 2.89. The summed E-state index contributed by atoms with van der Waals surface area (Å²) in [6.45, 7) is 10.3. The van der Waals surface area contributed by atoms with Crippen molar-refractivity contribution >= 4 is 0 Å². The van der Waals surface area contributed by atoms with E-state index in [9.17, 15) is 0 Å². The van der Waals surface area contributed by atoms with E-state index < -0.39 is 0 Å². The van der Waals surface area contributed by atoms with Gasteiger partial charge in [-0.15, -0.1) is 0 Å². The van der Waals surface area contributed by atoms with Gasteiger partial charge in [-0.25, -0.2) is 0 Å². The van der Waals surface area contributed by atoms with Crippen molar-refractivity contribution in [1.29, 1.82) is 0 Å². The minimum absolute atomic E-state index is 0.462. The highest BCUT2D eigenvalue weighted by Gasteiger charge is 2.34. The summed E-state index contributed by atoms with van der Waals surface area (Å²) in [4.78, 5) is 0. The molecule has 0 aliphatic heterocycles. The van der Waals surface area contributed by atoms with Crippen LogP contribution in [0.5, 0.6) is 0 Å². The van der Waals surface area contributed by atoms with Crippen molar-refractivity contribution in [2.75, 3.05) is 6.54 Å². The highest BCUT2D eigenvalue weighted by atomic mass is 14.6. The van der Waals surface area contributed by atoms with Crippen molar-refractivity contribution in [2.24, 2.45) is 22.5 Å². The van der Waals surface area contributed by atoms with Gasteiger partial charge in [0.2, 0.25) is 0 Å². The second-order valence-electron chi connectivity index (χ2n) is 7.12. The van der Waals surface area contributed by atoms with Gasteiger partial charge in [-0.3, -0.25) is 0 Å². The molecule has 1 rings (SSSR count). The Morgan fingerprint density at radius 3 is 2.12 bits per heavy atom. The molecule has 1 aliphatic carbocycles. The molecular formula is C15H31N. The maximum atomic E-state index is 6.05. The van der Waals surface area contributed by atoms with Gasteiger partial charge in [0.1, 0.15) is 0 Å². The van der Waals surface area contributed by atoms with E-state index in [0.717, 1.165) is 12.5 Å². The zero-order chi connectivity index (χ0) is 12.2. The lowest BCUT2D eigenvalue weighted by molar-refractivity contribution is 0.123. The van der Waals surface area contributed by atoms with Crippen LogP contribution in [-0.4, -0.2) is 6.54 Å². The number of hydrogen-bond acceptors (Lipinski definition) is 1. The average Bonchev–Trinajstić information content (AvgIpc) is 2.26. The summed E-state index contributed by atoms with van der Waals surface area (Å²) in [6, 6.07) is 0. The molecule has 0 aromatic heterocycles. The third-order valence-electron chi connectivity index (χ3n) is 4.58. The lowest BCUT2D eigenvalue weighted by atomic mass is 9.66. The van der Waals surface area contributed by atoms with Crippen LogP contribution < -0.4 is 5.73 Å². The van der Waals surface area contributed by atoms with Gasteiger partial charge >= 0.3 is 0 Å². The van der Waals surface area contributed by atoms with Crippen LogP contribution in [0.3, 0.4) is 0 Å². The van der Waals surface area contributed by atoms with Crippen LogP contribution in [0.25, 0.3) is 0 Å². The van der Waals surface area contributed by atoms with Crippen LogP contribution in [0.4, 0.5) is 0 Å². The Morgan fingerprint density at radius 2 is 1.75 bits per heavy atom. The largest absolute Gasteiger partial charge is 0.330 e. The van der Waals surface area contributed by atoms with Crippen LogP contribution in [0.1, 0.15) is 72.6 Å². The Morgan fingerprint density at radius 1 is 1.19 bits per heavy atom. The van der Waals surface area contributed by atoms with E-state index in [2.05, 4.69) is 27.7 Å². The molecule has 0 aromatic rings. The van der Waals surface area contributed by atoms with Crippen LogP contribution in [0.15, 0.2) is 0 Å². The highest BCUT2D eigenvalue weighted by molar-refractivity contribution is 4.87. The smallest absolute Gasteiger partial charge is 0.00205 e. The van der Waals surface area contributed by atoms with E-state index in [1.807, 2.05) is 0 Å². The summed E-state index contributed by atoms with van der Waals surface area (Å²) in [5.41, 5.74) is 7.00. The van der Waals surface area contributed by atoms with Crippen LogP contribution >= 0.6 is 0 Å². The zero-order valence-corrected chi connectivity index (χ0v) is 11.8. The van der Waals surface area contributed by atoms with Gasteiger partial charge in [-0.1, -0.05) is 34.1 Å². The van der Waals surface area contributed by atoms with Gasteiger partial charge in [0.05, 0.1) is 0 Å². The molecule has 0 atom stereocenters. The van der Waals surface area contributed by atoms with Crippen LogP contribution in [-0.2, 0) is 0 Å². The summed E-state index contributed by atoms with van der Waals surface area (Å²) in [5, 5.41) is 0. The Balaban J connectivity index is 2.46. The van der Waals surface area contributed by atoms with Crippen LogP contribution in [0.2, 0.25) is 0 Å². The van der Waals surface area contributed by atoms with E-state index in [1.54, 1.807) is 0 Å². The Bertz CT molecular complexity index is 194. The number of nitrogens with two attached hydrogens (primary N) is 1. The third kappa shape index (κ3) is 4.08. The Labute approximate surface area is 102 Å². The van der Waals surface area contributed by atoms with E-state index in [-0.39, 0.29) is 0 Å². The molecule has 1 fully saturated rings. The number of hydrogen-bond donors (Lipinski definition) is 1. The van der Waals surface area contributed by atoms with E-state index in [0.29, 0.717) is 10.8 Å². The highest BCUT2D eigenvalue weighted by Crippen LogP contribution is 2.44. The summed E-state index contributed by atoms with van der Waals surface area (Å²) in [5.74, 6) is 0.981. The summed E-state index contributed by atoms with van der Waals surface area (Å²) in [6.07, 6.45) is 9.59.